The molecule has 1 amide bonds. The quantitative estimate of drug-likeness (QED) is 0.460. The van der Waals surface area contributed by atoms with Crippen LogP contribution in [0.2, 0.25) is 0 Å². The van der Waals surface area contributed by atoms with E-state index in [1.165, 1.54) is 12.1 Å². The van der Waals surface area contributed by atoms with Gasteiger partial charge >= 0.3 is 0 Å². The average Bonchev–Trinajstić information content (AvgIpc) is 2.76. The van der Waals surface area contributed by atoms with Crippen LogP contribution < -0.4 is 4.90 Å². The first-order chi connectivity index (χ1) is 9.82. The van der Waals surface area contributed by atoms with Gasteiger partial charge in [-0.2, -0.15) is 0 Å². The number of hydrogen-bond donors (Lipinski definition) is 0. The summed E-state index contributed by atoms with van der Waals surface area (Å²) in [4.78, 5) is 16.5. The molecule has 1 aliphatic heterocycles. The van der Waals surface area contributed by atoms with Crippen LogP contribution in [0.3, 0.4) is 0 Å². The van der Waals surface area contributed by atoms with Crippen molar-refractivity contribution in [3.8, 4) is 0 Å². The van der Waals surface area contributed by atoms with Crippen LogP contribution in [0.15, 0.2) is 32.7 Å². The second-order valence-corrected chi connectivity index (χ2v) is 7.74. The molecule has 9 heteroatoms. The molecule has 2 rings (SSSR count). The number of carbonyl (C=O) groups is 1. The fraction of sp³-hybridized carbons (Fsp3) is 0.417. The van der Waals surface area contributed by atoms with Gasteiger partial charge in [-0.05, 0) is 45.6 Å². The molecule has 7 nitrogen and oxygen atoms in total. The summed E-state index contributed by atoms with van der Waals surface area (Å²) in [6.07, 6.45) is 1.45. The van der Waals surface area contributed by atoms with Crippen molar-refractivity contribution >= 4 is 37.4 Å². The van der Waals surface area contributed by atoms with Crippen molar-refractivity contribution in [1.29, 1.82) is 0 Å². The molecule has 0 aromatic heterocycles. The van der Waals surface area contributed by atoms with E-state index in [0.29, 0.717) is 23.1 Å². The Bertz CT molecular complexity index is 728. The molecule has 1 saturated heterocycles. The number of nitrogens with zero attached hydrogens (tertiary/aromatic N) is 4. The SMILES string of the molecule is CS(=O)(=O)c1ccc(N2CC(CN=[N+]=[N-])CC2=O)c(Br)c1. The lowest BCUT2D eigenvalue weighted by atomic mass is 10.1. The van der Waals surface area contributed by atoms with Crippen molar-refractivity contribution in [1.82, 2.24) is 0 Å². The highest BCUT2D eigenvalue weighted by molar-refractivity contribution is 9.10. The minimum Gasteiger partial charge on any atom is -0.311 e. The summed E-state index contributed by atoms with van der Waals surface area (Å²) in [6.45, 7) is 0.729. The second-order valence-electron chi connectivity index (χ2n) is 4.87. The van der Waals surface area contributed by atoms with E-state index in [4.69, 9.17) is 5.53 Å². The fourth-order valence-corrected chi connectivity index (χ4v) is 3.62. The topological polar surface area (TPSA) is 103 Å². The first kappa shape index (κ1) is 15.8. The number of azide groups is 1. The lowest BCUT2D eigenvalue weighted by Crippen LogP contribution is -2.25. The van der Waals surface area contributed by atoms with Crippen LogP contribution in [0.1, 0.15) is 6.42 Å². The van der Waals surface area contributed by atoms with Crippen LogP contribution >= 0.6 is 15.9 Å². The lowest BCUT2D eigenvalue weighted by molar-refractivity contribution is -0.117. The summed E-state index contributed by atoms with van der Waals surface area (Å²) in [7, 11) is -3.29. The Labute approximate surface area is 130 Å². The van der Waals surface area contributed by atoms with Gasteiger partial charge < -0.3 is 4.90 Å². The van der Waals surface area contributed by atoms with Gasteiger partial charge in [-0.25, -0.2) is 8.42 Å². The fourth-order valence-electron chi connectivity index (χ4n) is 2.23. The van der Waals surface area contributed by atoms with Gasteiger partial charge in [0.05, 0.1) is 10.6 Å². The van der Waals surface area contributed by atoms with E-state index < -0.39 is 9.84 Å². The predicted molar refractivity (Wildman–Crippen MR) is 81.7 cm³/mol. The minimum atomic E-state index is -3.29. The molecule has 1 aromatic rings. The number of carbonyl (C=O) groups excluding carboxylic acids is 1. The maximum Gasteiger partial charge on any atom is 0.227 e. The number of benzene rings is 1. The molecule has 1 aromatic carbocycles. The molecule has 0 bridgehead atoms. The highest BCUT2D eigenvalue weighted by atomic mass is 79.9. The van der Waals surface area contributed by atoms with Crippen molar-refractivity contribution in [3.63, 3.8) is 0 Å². The van der Waals surface area contributed by atoms with Crippen molar-refractivity contribution in [3.05, 3.63) is 33.1 Å². The zero-order valence-electron chi connectivity index (χ0n) is 11.2. The van der Waals surface area contributed by atoms with E-state index in [-0.39, 0.29) is 23.3 Å². The largest absolute Gasteiger partial charge is 0.311 e. The standard InChI is InChI=1S/C12H13BrN4O3S/c1-21(19,20)9-2-3-11(10(13)5-9)17-7-8(4-12(17)18)6-15-16-14/h2-3,5,8H,4,6-7H2,1H3. The molecule has 0 N–H and O–H groups in total. The molecule has 1 aliphatic rings. The molecule has 1 unspecified atom stereocenters. The van der Waals surface area contributed by atoms with E-state index in [1.807, 2.05) is 0 Å². The Kier molecular flexibility index (Phi) is 4.55. The maximum atomic E-state index is 12.0. The maximum absolute atomic E-state index is 12.0. The highest BCUT2D eigenvalue weighted by Gasteiger charge is 2.31. The molecule has 1 heterocycles. The van der Waals surface area contributed by atoms with Crippen molar-refractivity contribution < 1.29 is 13.2 Å². The van der Waals surface area contributed by atoms with Gasteiger partial charge in [0.2, 0.25) is 5.91 Å². The van der Waals surface area contributed by atoms with E-state index in [0.717, 1.165) is 6.26 Å². The predicted octanol–water partition coefficient (Wildman–Crippen LogP) is 2.52. The number of sulfone groups is 1. The number of anilines is 1. The van der Waals surface area contributed by atoms with Gasteiger partial charge in [-0.3, -0.25) is 4.79 Å². The third-order valence-corrected chi connectivity index (χ3v) is 4.99. The van der Waals surface area contributed by atoms with Gasteiger partial charge in [0, 0.05) is 35.2 Å². The third-order valence-electron chi connectivity index (χ3n) is 3.25. The molecule has 0 spiro atoms. The van der Waals surface area contributed by atoms with Gasteiger partial charge in [-0.1, -0.05) is 5.11 Å². The summed E-state index contributed by atoms with van der Waals surface area (Å²) < 4.78 is 23.6. The molecular formula is C12H13BrN4O3S. The molecule has 112 valence electrons. The molecule has 0 aliphatic carbocycles. The van der Waals surface area contributed by atoms with Crippen LogP contribution in [0.25, 0.3) is 10.4 Å². The monoisotopic (exact) mass is 372 g/mol. The van der Waals surface area contributed by atoms with Crippen LogP contribution in [-0.4, -0.2) is 33.7 Å². The number of hydrogen-bond acceptors (Lipinski definition) is 4. The first-order valence-electron chi connectivity index (χ1n) is 6.13. The van der Waals surface area contributed by atoms with Gasteiger partial charge in [0.15, 0.2) is 9.84 Å². The van der Waals surface area contributed by atoms with Crippen LogP contribution in [0.4, 0.5) is 5.69 Å². The molecular weight excluding hydrogens is 360 g/mol. The summed E-state index contributed by atoms with van der Waals surface area (Å²) in [5.41, 5.74) is 8.94. The zero-order valence-corrected chi connectivity index (χ0v) is 13.6. The van der Waals surface area contributed by atoms with Crippen molar-refractivity contribution in [2.75, 3.05) is 24.2 Å². The van der Waals surface area contributed by atoms with Crippen molar-refractivity contribution in [2.24, 2.45) is 11.0 Å². The van der Waals surface area contributed by atoms with Gasteiger partial charge in [0.1, 0.15) is 0 Å². The van der Waals surface area contributed by atoms with E-state index in [2.05, 4.69) is 26.0 Å². The lowest BCUT2D eigenvalue weighted by Gasteiger charge is -2.18. The molecule has 1 fully saturated rings. The van der Waals surface area contributed by atoms with E-state index >= 15 is 0 Å². The number of halogens is 1. The van der Waals surface area contributed by atoms with Gasteiger partial charge in [-0.15, -0.1) is 0 Å². The molecule has 1 atom stereocenters. The van der Waals surface area contributed by atoms with Crippen LogP contribution in [0, 0.1) is 5.92 Å². The smallest absolute Gasteiger partial charge is 0.227 e. The van der Waals surface area contributed by atoms with Crippen molar-refractivity contribution in [2.45, 2.75) is 11.3 Å². The zero-order chi connectivity index (χ0) is 15.6. The third kappa shape index (κ3) is 3.55. The Hall–Kier alpha value is -1.57. The Morgan fingerprint density at radius 2 is 2.24 bits per heavy atom. The number of amides is 1. The minimum absolute atomic E-state index is 0.0186. The molecule has 0 saturated carbocycles. The second kappa shape index (κ2) is 6.05. The summed E-state index contributed by atoms with van der Waals surface area (Å²) in [5, 5.41) is 3.50. The van der Waals surface area contributed by atoms with Crippen LogP contribution in [0.5, 0.6) is 0 Å². The first-order valence-corrected chi connectivity index (χ1v) is 8.82. The van der Waals surface area contributed by atoms with Crippen LogP contribution in [-0.2, 0) is 14.6 Å². The Morgan fingerprint density at radius 1 is 1.52 bits per heavy atom. The molecule has 21 heavy (non-hydrogen) atoms. The van der Waals surface area contributed by atoms with Gasteiger partial charge in [0.25, 0.3) is 0 Å². The van der Waals surface area contributed by atoms with E-state index in [9.17, 15) is 13.2 Å². The average molecular weight is 373 g/mol. The Balaban J connectivity index is 2.27. The number of rotatable bonds is 4. The Morgan fingerprint density at radius 3 is 2.81 bits per heavy atom. The van der Waals surface area contributed by atoms with E-state index in [1.54, 1.807) is 11.0 Å². The summed E-state index contributed by atoms with van der Waals surface area (Å²) >= 11 is 3.31. The highest BCUT2D eigenvalue weighted by Crippen LogP contribution is 2.33. The molecule has 0 radical (unpaired) electrons. The normalized spacial score (nSPS) is 18.7. The summed E-state index contributed by atoms with van der Waals surface area (Å²) in [6, 6.07) is 4.57. The summed E-state index contributed by atoms with van der Waals surface area (Å²) in [5.74, 6) is -0.0872.